The van der Waals surface area contributed by atoms with Gasteiger partial charge in [-0.15, -0.1) is 0 Å². The lowest BCUT2D eigenvalue weighted by atomic mass is 10.1. The minimum atomic E-state index is 0.151. The summed E-state index contributed by atoms with van der Waals surface area (Å²) in [5.74, 6) is 0.543. The third-order valence-electron chi connectivity index (χ3n) is 2.62. The highest BCUT2D eigenvalue weighted by Gasteiger charge is 2.08. The van der Waals surface area contributed by atoms with Crippen molar-refractivity contribution in [3.05, 3.63) is 35.1 Å². The molecule has 100 valence electrons. The SMILES string of the molecule is CCCOc1nc(Cl)nc(-c2cccc(CC)c2)n1. The maximum absolute atomic E-state index is 5.91. The summed E-state index contributed by atoms with van der Waals surface area (Å²) in [6.07, 6.45) is 1.86. The van der Waals surface area contributed by atoms with Crippen LogP contribution in [0.5, 0.6) is 6.01 Å². The molecule has 2 aromatic rings. The van der Waals surface area contributed by atoms with Crippen molar-refractivity contribution < 1.29 is 4.74 Å². The van der Waals surface area contributed by atoms with Gasteiger partial charge in [0.05, 0.1) is 6.61 Å². The van der Waals surface area contributed by atoms with Crippen molar-refractivity contribution in [2.24, 2.45) is 0 Å². The smallest absolute Gasteiger partial charge is 0.321 e. The Hall–Kier alpha value is -1.68. The average Bonchev–Trinajstić information content (AvgIpc) is 2.44. The van der Waals surface area contributed by atoms with Crippen LogP contribution >= 0.6 is 11.6 Å². The summed E-state index contributed by atoms with van der Waals surface area (Å²) in [6, 6.07) is 8.34. The minimum Gasteiger partial charge on any atom is -0.463 e. The van der Waals surface area contributed by atoms with Crippen LogP contribution < -0.4 is 4.74 Å². The molecule has 0 radical (unpaired) electrons. The third kappa shape index (κ3) is 3.64. The van der Waals surface area contributed by atoms with Gasteiger partial charge < -0.3 is 4.74 Å². The highest BCUT2D eigenvalue weighted by atomic mass is 35.5. The van der Waals surface area contributed by atoms with E-state index in [-0.39, 0.29) is 11.3 Å². The van der Waals surface area contributed by atoms with E-state index in [1.807, 2.05) is 19.1 Å². The van der Waals surface area contributed by atoms with Crippen molar-refractivity contribution in [2.45, 2.75) is 26.7 Å². The molecule has 0 aliphatic heterocycles. The van der Waals surface area contributed by atoms with Gasteiger partial charge in [-0.1, -0.05) is 32.0 Å². The fourth-order valence-corrected chi connectivity index (χ4v) is 1.80. The molecule has 0 N–H and O–H groups in total. The van der Waals surface area contributed by atoms with E-state index in [0.717, 1.165) is 18.4 Å². The van der Waals surface area contributed by atoms with E-state index in [4.69, 9.17) is 16.3 Å². The van der Waals surface area contributed by atoms with Gasteiger partial charge in [0.2, 0.25) is 5.28 Å². The van der Waals surface area contributed by atoms with Gasteiger partial charge in [0.1, 0.15) is 0 Å². The van der Waals surface area contributed by atoms with Gasteiger partial charge in [-0.3, -0.25) is 0 Å². The molecule has 1 aromatic heterocycles. The van der Waals surface area contributed by atoms with Crippen LogP contribution in [0, 0.1) is 0 Å². The number of rotatable bonds is 5. The number of nitrogens with zero attached hydrogens (tertiary/aromatic N) is 3. The summed E-state index contributed by atoms with van der Waals surface area (Å²) in [7, 11) is 0. The molecule has 4 nitrogen and oxygen atoms in total. The first kappa shape index (κ1) is 13.7. The zero-order valence-corrected chi connectivity index (χ0v) is 11.8. The molecule has 0 saturated carbocycles. The van der Waals surface area contributed by atoms with E-state index in [1.54, 1.807) is 0 Å². The molecular formula is C14H16ClN3O. The summed E-state index contributed by atoms with van der Waals surface area (Å²) < 4.78 is 5.41. The van der Waals surface area contributed by atoms with Crippen LogP contribution in [-0.4, -0.2) is 21.6 Å². The van der Waals surface area contributed by atoms with Crippen LogP contribution in [-0.2, 0) is 6.42 Å². The molecule has 0 spiro atoms. The first-order valence-corrected chi connectivity index (χ1v) is 6.74. The molecule has 2 rings (SSSR count). The van der Waals surface area contributed by atoms with E-state index in [2.05, 4.69) is 34.0 Å². The van der Waals surface area contributed by atoms with Crippen molar-refractivity contribution in [1.29, 1.82) is 0 Å². The van der Waals surface area contributed by atoms with E-state index in [0.29, 0.717) is 12.4 Å². The van der Waals surface area contributed by atoms with Crippen LogP contribution in [0.25, 0.3) is 11.4 Å². The lowest BCUT2D eigenvalue weighted by molar-refractivity contribution is 0.291. The van der Waals surface area contributed by atoms with Crippen LogP contribution in [0.4, 0.5) is 0 Å². The number of halogens is 1. The van der Waals surface area contributed by atoms with Crippen LogP contribution in [0.15, 0.2) is 24.3 Å². The molecule has 0 aliphatic carbocycles. The van der Waals surface area contributed by atoms with E-state index >= 15 is 0 Å². The Morgan fingerprint density at radius 3 is 2.74 bits per heavy atom. The first-order chi connectivity index (χ1) is 9.22. The Morgan fingerprint density at radius 2 is 2.00 bits per heavy atom. The number of hydrogen-bond donors (Lipinski definition) is 0. The maximum Gasteiger partial charge on any atom is 0.321 e. The molecule has 1 heterocycles. The number of benzene rings is 1. The molecule has 0 unspecified atom stereocenters. The second-order valence-corrected chi connectivity index (χ2v) is 4.45. The number of hydrogen-bond acceptors (Lipinski definition) is 4. The number of ether oxygens (including phenoxy) is 1. The first-order valence-electron chi connectivity index (χ1n) is 6.36. The molecule has 19 heavy (non-hydrogen) atoms. The zero-order valence-electron chi connectivity index (χ0n) is 11.1. The number of aromatic nitrogens is 3. The average molecular weight is 278 g/mol. The van der Waals surface area contributed by atoms with Crippen LogP contribution in [0.2, 0.25) is 5.28 Å². The topological polar surface area (TPSA) is 47.9 Å². The van der Waals surface area contributed by atoms with Crippen LogP contribution in [0.3, 0.4) is 0 Å². The molecule has 0 fully saturated rings. The van der Waals surface area contributed by atoms with Gasteiger partial charge in [0, 0.05) is 5.56 Å². The van der Waals surface area contributed by atoms with Crippen molar-refractivity contribution in [1.82, 2.24) is 15.0 Å². The van der Waals surface area contributed by atoms with Crippen molar-refractivity contribution in [3.63, 3.8) is 0 Å². The summed E-state index contributed by atoms with van der Waals surface area (Å²) in [5, 5.41) is 0.151. The summed E-state index contributed by atoms with van der Waals surface area (Å²) in [4.78, 5) is 12.4. The second kappa shape index (κ2) is 6.48. The standard InChI is InChI=1S/C14H16ClN3O/c1-3-8-19-14-17-12(16-13(15)18-14)11-7-5-6-10(4-2)9-11/h5-7,9H,3-4,8H2,1-2H3. The Labute approximate surface area is 117 Å². The Morgan fingerprint density at radius 1 is 1.16 bits per heavy atom. The molecule has 0 atom stereocenters. The van der Waals surface area contributed by atoms with E-state index in [1.165, 1.54) is 5.56 Å². The second-order valence-electron chi connectivity index (χ2n) is 4.11. The summed E-state index contributed by atoms with van der Waals surface area (Å²) in [6.45, 7) is 4.69. The lowest BCUT2D eigenvalue weighted by Crippen LogP contribution is -2.03. The largest absolute Gasteiger partial charge is 0.463 e. The van der Waals surface area contributed by atoms with E-state index in [9.17, 15) is 0 Å². The molecule has 0 saturated heterocycles. The molecule has 0 aliphatic rings. The minimum absolute atomic E-state index is 0.151. The van der Waals surface area contributed by atoms with Gasteiger partial charge >= 0.3 is 6.01 Å². The fraction of sp³-hybridized carbons (Fsp3) is 0.357. The highest BCUT2D eigenvalue weighted by Crippen LogP contribution is 2.20. The van der Waals surface area contributed by atoms with E-state index < -0.39 is 0 Å². The monoisotopic (exact) mass is 277 g/mol. The fourth-order valence-electron chi connectivity index (χ4n) is 1.65. The van der Waals surface area contributed by atoms with Crippen molar-refractivity contribution in [3.8, 4) is 17.4 Å². The van der Waals surface area contributed by atoms with Gasteiger partial charge in [-0.25, -0.2) is 0 Å². The lowest BCUT2D eigenvalue weighted by Gasteiger charge is -2.06. The van der Waals surface area contributed by atoms with Gasteiger partial charge in [-0.05, 0) is 36.1 Å². The molecule has 5 heteroatoms. The maximum atomic E-state index is 5.91. The highest BCUT2D eigenvalue weighted by molar-refractivity contribution is 6.28. The van der Waals surface area contributed by atoms with Crippen LogP contribution in [0.1, 0.15) is 25.8 Å². The molecule has 0 bridgehead atoms. The van der Waals surface area contributed by atoms with Gasteiger partial charge in [0.25, 0.3) is 0 Å². The Balaban J connectivity index is 2.34. The Kier molecular flexibility index (Phi) is 4.68. The predicted molar refractivity (Wildman–Crippen MR) is 75.4 cm³/mol. The zero-order chi connectivity index (χ0) is 13.7. The van der Waals surface area contributed by atoms with Crippen molar-refractivity contribution in [2.75, 3.05) is 6.61 Å². The third-order valence-corrected chi connectivity index (χ3v) is 2.79. The van der Waals surface area contributed by atoms with Gasteiger partial charge in [-0.2, -0.15) is 15.0 Å². The summed E-state index contributed by atoms with van der Waals surface area (Å²) in [5.41, 5.74) is 2.15. The quantitative estimate of drug-likeness (QED) is 0.839. The summed E-state index contributed by atoms with van der Waals surface area (Å²) >= 11 is 5.91. The number of aryl methyl sites for hydroxylation is 1. The predicted octanol–water partition coefficient (Wildman–Crippen LogP) is 3.54. The molecule has 0 amide bonds. The normalized spacial score (nSPS) is 10.5. The molecule has 1 aromatic carbocycles. The molecular weight excluding hydrogens is 262 g/mol. The Bertz CT molecular complexity index is 560. The van der Waals surface area contributed by atoms with Gasteiger partial charge in [0.15, 0.2) is 5.82 Å². The van der Waals surface area contributed by atoms with Crippen molar-refractivity contribution >= 4 is 11.6 Å².